The molecule has 7 atom stereocenters. The molecule has 1 spiro atoms. The third-order valence-corrected chi connectivity index (χ3v) is 9.05. The van der Waals surface area contributed by atoms with Crippen molar-refractivity contribution in [2.45, 2.75) is 85.7 Å². The highest BCUT2D eigenvalue weighted by atomic mass is 16.5. The smallest absolute Gasteiger partial charge is 0.302 e. The van der Waals surface area contributed by atoms with Crippen LogP contribution in [0.3, 0.4) is 0 Å². The van der Waals surface area contributed by atoms with Crippen molar-refractivity contribution in [3.8, 4) is 0 Å². The molecule has 0 aliphatic heterocycles. The Labute approximate surface area is 169 Å². The van der Waals surface area contributed by atoms with Crippen LogP contribution < -0.4 is 0 Å². The second kappa shape index (κ2) is 6.60. The number of carbonyl (C=O) groups excluding carboxylic acids is 2. The van der Waals surface area contributed by atoms with Crippen LogP contribution in [0.4, 0.5) is 0 Å². The van der Waals surface area contributed by atoms with Crippen LogP contribution in [-0.2, 0) is 19.1 Å². The molecule has 4 aliphatic carbocycles. The molecule has 3 fully saturated rings. The van der Waals surface area contributed by atoms with Crippen LogP contribution in [0, 0.1) is 34.0 Å². The topological polar surface area (TPSA) is 52.6 Å². The normalized spacial score (nSPS) is 46.8. The fourth-order valence-electron chi connectivity index (χ4n) is 8.01. The first kappa shape index (κ1) is 20.0. The molecule has 4 nitrogen and oxygen atoms in total. The van der Waals surface area contributed by atoms with Crippen molar-refractivity contribution < 1.29 is 19.1 Å². The average molecular weight is 389 g/mol. The van der Waals surface area contributed by atoms with E-state index in [1.807, 2.05) is 0 Å². The fourth-order valence-corrected chi connectivity index (χ4v) is 8.01. The van der Waals surface area contributed by atoms with Crippen LogP contribution in [0.1, 0.15) is 79.6 Å². The molecular weight excluding hydrogens is 352 g/mol. The molecule has 0 amide bonds. The minimum atomic E-state index is -0.202. The first-order chi connectivity index (χ1) is 13.1. The highest BCUT2D eigenvalue weighted by Crippen LogP contribution is 2.71. The Hall–Kier alpha value is -1.32. The van der Waals surface area contributed by atoms with Gasteiger partial charge < -0.3 is 9.47 Å². The number of allylic oxidation sites excluding steroid dienone is 1. The summed E-state index contributed by atoms with van der Waals surface area (Å²) < 4.78 is 11.6. The third kappa shape index (κ3) is 2.85. The summed E-state index contributed by atoms with van der Waals surface area (Å²) in [6.07, 6.45) is 10.4. The lowest BCUT2D eigenvalue weighted by atomic mass is 9.40. The van der Waals surface area contributed by atoms with Crippen LogP contribution in [0.25, 0.3) is 0 Å². The van der Waals surface area contributed by atoms with Gasteiger partial charge in [0.1, 0.15) is 6.10 Å². The van der Waals surface area contributed by atoms with Gasteiger partial charge in [-0.3, -0.25) is 9.59 Å². The van der Waals surface area contributed by atoms with Crippen molar-refractivity contribution in [3.05, 3.63) is 11.6 Å². The lowest BCUT2D eigenvalue weighted by molar-refractivity contribution is -0.211. The number of rotatable bonds is 3. The Morgan fingerprint density at radius 2 is 1.86 bits per heavy atom. The van der Waals surface area contributed by atoms with Crippen molar-refractivity contribution in [1.29, 1.82) is 0 Å². The standard InChI is InChI=1S/C24H36O4/c1-15-12-24-13-18(15)7-8-19(24)23(5)10-6-9-22(4,14-27-16(2)25)20(23)11-21(24)28-17(3)26/h12,18-21H,6-11,13-14H2,1-5H3/t18-,19+,20-,21+,22-,23+,24+/m1/s1. The van der Waals surface area contributed by atoms with Crippen LogP contribution in [0.15, 0.2) is 11.6 Å². The summed E-state index contributed by atoms with van der Waals surface area (Å²) in [5.41, 5.74) is 1.66. The molecule has 0 radical (unpaired) electrons. The maximum atomic E-state index is 12.0. The molecule has 0 N–H and O–H groups in total. The van der Waals surface area contributed by atoms with Crippen LogP contribution >= 0.6 is 0 Å². The van der Waals surface area contributed by atoms with E-state index in [0.717, 1.165) is 19.3 Å². The monoisotopic (exact) mass is 388 g/mol. The minimum absolute atomic E-state index is 0.00357. The maximum Gasteiger partial charge on any atom is 0.302 e. The largest absolute Gasteiger partial charge is 0.465 e. The van der Waals surface area contributed by atoms with E-state index in [2.05, 4.69) is 26.8 Å². The second-order valence-electron chi connectivity index (χ2n) is 10.7. The van der Waals surface area contributed by atoms with E-state index in [1.165, 1.54) is 38.2 Å². The van der Waals surface area contributed by atoms with Crippen molar-refractivity contribution in [2.75, 3.05) is 6.61 Å². The molecule has 156 valence electrons. The molecule has 3 saturated carbocycles. The molecule has 0 aromatic carbocycles. The summed E-state index contributed by atoms with van der Waals surface area (Å²) in [5, 5.41) is 0. The number of ether oxygens (including phenoxy) is 2. The van der Waals surface area contributed by atoms with E-state index < -0.39 is 0 Å². The molecule has 0 aromatic heterocycles. The quantitative estimate of drug-likeness (QED) is 0.501. The maximum absolute atomic E-state index is 12.0. The zero-order valence-electron chi connectivity index (χ0n) is 18.2. The Morgan fingerprint density at radius 3 is 2.54 bits per heavy atom. The molecule has 4 rings (SSSR count). The Bertz CT molecular complexity index is 711. The lowest BCUT2D eigenvalue weighted by Crippen LogP contribution is -2.62. The predicted octanol–water partition coefficient (Wildman–Crippen LogP) is 5.06. The van der Waals surface area contributed by atoms with Crippen LogP contribution in [0.5, 0.6) is 0 Å². The first-order valence-corrected chi connectivity index (χ1v) is 11.1. The summed E-state index contributed by atoms with van der Waals surface area (Å²) >= 11 is 0. The van der Waals surface area contributed by atoms with Crippen molar-refractivity contribution >= 4 is 11.9 Å². The number of carbonyl (C=O) groups is 2. The highest BCUT2D eigenvalue weighted by Gasteiger charge is 2.66. The van der Waals surface area contributed by atoms with Gasteiger partial charge in [0.05, 0.1) is 6.61 Å². The zero-order chi connectivity index (χ0) is 20.3. The molecule has 4 aliphatic rings. The van der Waals surface area contributed by atoms with Gasteiger partial charge in [-0.15, -0.1) is 0 Å². The Morgan fingerprint density at radius 1 is 1.11 bits per heavy atom. The fraction of sp³-hybridized carbons (Fsp3) is 0.833. The molecule has 28 heavy (non-hydrogen) atoms. The van der Waals surface area contributed by atoms with Gasteiger partial charge >= 0.3 is 11.9 Å². The van der Waals surface area contributed by atoms with E-state index in [0.29, 0.717) is 24.4 Å². The third-order valence-electron chi connectivity index (χ3n) is 9.05. The van der Waals surface area contributed by atoms with Gasteiger partial charge in [0.15, 0.2) is 0 Å². The van der Waals surface area contributed by atoms with E-state index in [1.54, 1.807) is 6.92 Å². The van der Waals surface area contributed by atoms with Crippen molar-refractivity contribution in [1.82, 2.24) is 0 Å². The molecule has 0 heterocycles. The van der Waals surface area contributed by atoms with Gasteiger partial charge in [-0.25, -0.2) is 0 Å². The summed E-state index contributed by atoms with van der Waals surface area (Å²) in [6, 6.07) is 0. The van der Waals surface area contributed by atoms with Crippen LogP contribution in [-0.4, -0.2) is 24.6 Å². The SMILES string of the molecule is CC(=O)OC[C@@]1(C)CCC[C@]2(C)[C@@H]1C[C@H](OC(C)=O)[C@]13C=C(C)[C@H](CC[C@@H]21)C3. The van der Waals surface area contributed by atoms with E-state index in [-0.39, 0.29) is 34.3 Å². The predicted molar refractivity (Wildman–Crippen MR) is 107 cm³/mol. The number of hydrogen-bond acceptors (Lipinski definition) is 4. The average Bonchev–Trinajstić information content (AvgIpc) is 2.85. The lowest BCUT2D eigenvalue weighted by Gasteiger charge is -2.65. The summed E-state index contributed by atoms with van der Waals surface area (Å²) in [4.78, 5) is 23.6. The summed E-state index contributed by atoms with van der Waals surface area (Å²) in [7, 11) is 0. The molecular formula is C24H36O4. The van der Waals surface area contributed by atoms with E-state index >= 15 is 0 Å². The van der Waals surface area contributed by atoms with Gasteiger partial charge in [-0.05, 0) is 68.6 Å². The molecule has 0 saturated heterocycles. The van der Waals surface area contributed by atoms with Gasteiger partial charge in [0.2, 0.25) is 0 Å². The Balaban J connectivity index is 1.75. The molecule has 2 bridgehead atoms. The summed E-state index contributed by atoms with van der Waals surface area (Å²) in [5.74, 6) is 1.23. The van der Waals surface area contributed by atoms with Crippen molar-refractivity contribution in [3.63, 3.8) is 0 Å². The number of esters is 2. The summed E-state index contributed by atoms with van der Waals surface area (Å²) in [6.45, 7) is 10.6. The zero-order valence-corrected chi connectivity index (χ0v) is 18.2. The number of hydrogen-bond donors (Lipinski definition) is 0. The van der Waals surface area contributed by atoms with Gasteiger partial charge in [0.25, 0.3) is 0 Å². The minimum Gasteiger partial charge on any atom is -0.465 e. The van der Waals surface area contributed by atoms with Crippen molar-refractivity contribution in [2.24, 2.45) is 34.0 Å². The highest BCUT2D eigenvalue weighted by molar-refractivity contribution is 5.66. The van der Waals surface area contributed by atoms with Gasteiger partial charge in [-0.2, -0.15) is 0 Å². The second-order valence-corrected chi connectivity index (χ2v) is 10.7. The first-order valence-electron chi connectivity index (χ1n) is 11.1. The van der Waals surface area contributed by atoms with E-state index in [4.69, 9.17) is 9.47 Å². The molecule has 0 unspecified atom stereocenters. The molecule has 0 aromatic rings. The van der Waals surface area contributed by atoms with Gasteiger partial charge in [0, 0.05) is 24.7 Å². The number of fused-ring (bicyclic) bond motifs is 3. The van der Waals surface area contributed by atoms with Gasteiger partial charge in [-0.1, -0.05) is 31.9 Å². The molecule has 4 heteroatoms. The van der Waals surface area contributed by atoms with E-state index in [9.17, 15) is 9.59 Å². The Kier molecular flexibility index (Phi) is 4.71. The van der Waals surface area contributed by atoms with Crippen LogP contribution in [0.2, 0.25) is 0 Å².